The Bertz CT molecular complexity index is 377. The number of thioether (sulfide) groups is 1. The molecule has 0 saturated carbocycles. The van der Waals surface area contributed by atoms with Crippen molar-refractivity contribution in [2.75, 3.05) is 26.1 Å². The molecule has 1 heterocycles. The summed E-state index contributed by atoms with van der Waals surface area (Å²) in [5, 5.41) is 10.8. The Morgan fingerprint density at radius 2 is 2.16 bits per heavy atom. The van der Waals surface area contributed by atoms with Crippen LogP contribution in [0.2, 0.25) is 0 Å². The summed E-state index contributed by atoms with van der Waals surface area (Å²) < 4.78 is 10.7. The summed E-state index contributed by atoms with van der Waals surface area (Å²) in [6, 6.07) is 7.77. The lowest BCUT2D eigenvalue weighted by Gasteiger charge is -2.27. The maximum Gasteiger partial charge on any atom is 0.125 e. The first-order chi connectivity index (χ1) is 9.33. The zero-order valence-electron chi connectivity index (χ0n) is 11.4. The Morgan fingerprint density at radius 1 is 1.32 bits per heavy atom. The molecule has 1 N–H and O–H groups in total. The SMILES string of the molecule is COCCOc1ccccc1C(O)C1CCCCS1. The molecule has 0 aliphatic carbocycles. The Morgan fingerprint density at radius 3 is 2.89 bits per heavy atom. The maximum atomic E-state index is 10.6. The molecule has 0 aromatic heterocycles. The zero-order valence-corrected chi connectivity index (χ0v) is 12.2. The molecule has 1 aromatic carbocycles. The Balaban J connectivity index is 2.04. The molecular weight excluding hydrogens is 260 g/mol. The number of aliphatic hydroxyl groups is 1. The van der Waals surface area contributed by atoms with E-state index < -0.39 is 6.10 Å². The van der Waals surface area contributed by atoms with E-state index in [4.69, 9.17) is 9.47 Å². The van der Waals surface area contributed by atoms with Gasteiger partial charge < -0.3 is 14.6 Å². The van der Waals surface area contributed by atoms with Crippen LogP contribution in [-0.4, -0.2) is 36.4 Å². The Labute approximate surface area is 119 Å². The molecule has 0 bridgehead atoms. The summed E-state index contributed by atoms with van der Waals surface area (Å²) >= 11 is 1.87. The zero-order chi connectivity index (χ0) is 13.5. The first kappa shape index (κ1) is 14.7. The van der Waals surface area contributed by atoms with Crippen molar-refractivity contribution in [1.82, 2.24) is 0 Å². The largest absolute Gasteiger partial charge is 0.491 e. The van der Waals surface area contributed by atoms with Crippen LogP contribution in [0.3, 0.4) is 0 Å². The van der Waals surface area contributed by atoms with E-state index in [0.717, 1.165) is 23.5 Å². The second-order valence-corrected chi connectivity index (χ2v) is 6.08. The van der Waals surface area contributed by atoms with E-state index in [9.17, 15) is 5.11 Å². The number of hydrogen-bond donors (Lipinski definition) is 1. The van der Waals surface area contributed by atoms with Crippen LogP contribution >= 0.6 is 11.8 Å². The summed E-state index contributed by atoms with van der Waals surface area (Å²) in [5.41, 5.74) is 0.901. The van der Waals surface area contributed by atoms with Crippen molar-refractivity contribution in [1.29, 1.82) is 0 Å². The van der Waals surface area contributed by atoms with E-state index in [-0.39, 0.29) is 0 Å². The van der Waals surface area contributed by atoms with Crippen LogP contribution < -0.4 is 4.74 Å². The van der Waals surface area contributed by atoms with E-state index in [2.05, 4.69) is 0 Å². The first-order valence-electron chi connectivity index (χ1n) is 6.83. The van der Waals surface area contributed by atoms with Crippen LogP contribution in [0.15, 0.2) is 24.3 Å². The molecular formula is C15H22O3S. The Kier molecular flexibility index (Phi) is 6.01. The van der Waals surface area contributed by atoms with Crippen molar-refractivity contribution in [2.24, 2.45) is 0 Å². The molecule has 106 valence electrons. The lowest BCUT2D eigenvalue weighted by Crippen LogP contribution is -2.20. The van der Waals surface area contributed by atoms with Gasteiger partial charge >= 0.3 is 0 Å². The van der Waals surface area contributed by atoms with Gasteiger partial charge in [0.05, 0.1) is 12.7 Å². The predicted octanol–water partition coefficient (Wildman–Crippen LogP) is 3.03. The molecule has 4 heteroatoms. The van der Waals surface area contributed by atoms with Crippen molar-refractivity contribution in [3.05, 3.63) is 29.8 Å². The summed E-state index contributed by atoms with van der Waals surface area (Å²) in [5.74, 6) is 1.92. The lowest BCUT2D eigenvalue weighted by atomic mass is 10.0. The monoisotopic (exact) mass is 282 g/mol. The van der Waals surface area contributed by atoms with Crippen molar-refractivity contribution < 1.29 is 14.6 Å². The highest BCUT2D eigenvalue weighted by molar-refractivity contribution is 7.99. The van der Waals surface area contributed by atoms with E-state index in [1.807, 2.05) is 36.0 Å². The highest BCUT2D eigenvalue weighted by Crippen LogP contribution is 2.37. The molecule has 2 unspecified atom stereocenters. The fraction of sp³-hybridized carbons (Fsp3) is 0.600. The van der Waals surface area contributed by atoms with E-state index in [0.29, 0.717) is 18.5 Å². The molecule has 0 radical (unpaired) electrons. The summed E-state index contributed by atoms with van der Waals surface area (Å²) in [4.78, 5) is 0. The molecule has 19 heavy (non-hydrogen) atoms. The maximum absolute atomic E-state index is 10.6. The third-order valence-electron chi connectivity index (χ3n) is 3.35. The average molecular weight is 282 g/mol. The van der Waals surface area contributed by atoms with Gasteiger partial charge in [0.25, 0.3) is 0 Å². The molecule has 3 nitrogen and oxygen atoms in total. The Hall–Kier alpha value is -0.710. The molecule has 0 amide bonds. The first-order valence-corrected chi connectivity index (χ1v) is 7.88. The number of methoxy groups -OCH3 is 1. The van der Waals surface area contributed by atoms with E-state index in [1.54, 1.807) is 7.11 Å². The van der Waals surface area contributed by atoms with Gasteiger partial charge in [-0.05, 0) is 24.7 Å². The van der Waals surface area contributed by atoms with E-state index >= 15 is 0 Å². The van der Waals surface area contributed by atoms with Crippen molar-refractivity contribution in [3.63, 3.8) is 0 Å². The number of ether oxygens (including phenoxy) is 2. The third kappa shape index (κ3) is 4.13. The minimum Gasteiger partial charge on any atom is -0.491 e. The minimum absolute atomic E-state index is 0.293. The molecule has 0 spiro atoms. The molecule has 1 aliphatic heterocycles. The van der Waals surface area contributed by atoms with Gasteiger partial charge in [-0.25, -0.2) is 0 Å². The molecule has 1 fully saturated rings. The van der Waals surface area contributed by atoms with Gasteiger partial charge in [-0.3, -0.25) is 0 Å². The average Bonchev–Trinajstić information content (AvgIpc) is 2.48. The predicted molar refractivity (Wildman–Crippen MR) is 78.9 cm³/mol. The standard InChI is InChI=1S/C15H22O3S/c1-17-9-10-18-13-7-3-2-6-12(13)15(16)14-8-4-5-11-19-14/h2-3,6-7,14-16H,4-5,8-11H2,1H3. The quantitative estimate of drug-likeness (QED) is 0.814. The molecule has 1 aliphatic rings. The highest BCUT2D eigenvalue weighted by Gasteiger charge is 2.25. The summed E-state index contributed by atoms with van der Waals surface area (Å²) in [7, 11) is 1.66. The smallest absolute Gasteiger partial charge is 0.125 e. The van der Waals surface area contributed by atoms with Gasteiger partial charge in [0.2, 0.25) is 0 Å². The van der Waals surface area contributed by atoms with Gasteiger partial charge in [-0.2, -0.15) is 11.8 Å². The lowest BCUT2D eigenvalue weighted by molar-refractivity contribution is 0.136. The van der Waals surface area contributed by atoms with Crippen molar-refractivity contribution in [2.45, 2.75) is 30.6 Å². The van der Waals surface area contributed by atoms with Crippen LogP contribution in [0.5, 0.6) is 5.75 Å². The van der Waals surface area contributed by atoms with Crippen LogP contribution in [0, 0.1) is 0 Å². The van der Waals surface area contributed by atoms with Gasteiger partial charge in [0.15, 0.2) is 0 Å². The van der Waals surface area contributed by atoms with Crippen molar-refractivity contribution >= 4 is 11.8 Å². The van der Waals surface area contributed by atoms with Gasteiger partial charge in [0.1, 0.15) is 12.4 Å². The molecule has 1 aromatic rings. The number of hydrogen-bond acceptors (Lipinski definition) is 4. The van der Waals surface area contributed by atoms with Crippen LogP contribution in [0.25, 0.3) is 0 Å². The highest BCUT2D eigenvalue weighted by atomic mass is 32.2. The number of benzene rings is 1. The second-order valence-electron chi connectivity index (χ2n) is 4.73. The fourth-order valence-electron chi connectivity index (χ4n) is 2.31. The summed E-state index contributed by atoms with van der Waals surface area (Å²) in [6.45, 7) is 1.07. The van der Waals surface area contributed by atoms with E-state index in [1.165, 1.54) is 12.8 Å². The van der Waals surface area contributed by atoms with Crippen LogP contribution in [0.4, 0.5) is 0 Å². The van der Waals surface area contributed by atoms with Gasteiger partial charge in [-0.15, -0.1) is 0 Å². The van der Waals surface area contributed by atoms with Crippen molar-refractivity contribution in [3.8, 4) is 5.75 Å². The fourth-order valence-corrected chi connectivity index (χ4v) is 3.64. The molecule has 1 saturated heterocycles. The van der Waals surface area contributed by atoms with Gasteiger partial charge in [0, 0.05) is 17.9 Å². The summed E-state index contributed by atoms with van der Waals surface area (Å²) in [6.07, 6.45) is 3.11. The third-order valence-corrected chi connectivity index (χ3v) is 4.80. The molecule has 2 rings (SSSR count). The topological polar surface area (TPSA) is 38.7 Å². The van der Waals surface area contributed by atoms with Gasteiger partial charge in [-0.1, -0.05) is 24.6 Å². The molecule has 2 atom stereocenters. The minimum atomic E-state index is -0.441. The van der Waals surface area contributed by atoms with Crippen LogP contribution in [0.1, 0.15) is 30.9 Å². The normalized spacial score (nSPS) is 21.1. The number of para-hydroxylation sites is 1. The second kappa shape index (κ2) is 7.78. The number of rotatable bonds is 6. The number of aliphatic hydroxyl groups excluding tert-OH is 1. The van der Waals surface area contributed by atoms with Crippen LogP contribution in [-0.2, 0) is 4.74 Å².